The van der Waals surface area contributed by atoms with Crippen LogP contribution >= 0.6 is 0 Å². The lowest BCUT2D eigenvalue weighted by Gasteiger charge is -2.23. The largest absolute Gasteiger partial charge is 0.467 e. The molecule has 1 aromatic carbocycles. The van der Waals surface area contributed by atoms with Gasteiger partial charge in [0.25, 0.3) is 0 Å². The van der Waals surface area contributed by atoms with E-state index in [1.54, 1.807) is 0 Å². The monoisotopic (exact) mass is 234 g/mol. The molecule has 0 aliphatic carbocycles. The first-order valence-electron chi connectivity index (χ1n) is 5.58. The molecule has 0 spiro atoms. The van der Waals surface area contributed by atoms with Crippen molar-refractivity contribution in [2.45, 2.75) is 24.9 Å². The summed E-state index contributed by atoms with van der Waals surface area (Å²) in [5, 5.41) is 10.2. The molecular weight excluding hydrogens is 216 g/mol. The molecule has 0 bridgehead atoms. The van der Waals surface area contributed by atoms with Crippen molar-refractivity contribution in [1.29, 1.82) is 0 Å². The standard InChI is InChI=1S/C14H18O3/c1-3-10-14(16,13(15)17-2)11-9-12-7-5-4-6-8-12/h3-8,16H,1,9-11H2,2H3/t14-/m0/s1. The van der Waals surface area contributed by atoms with Gasteiger partial charge in [0.2, 0.25) is 0 Å². The second-order valence-corrected chi connectivity index (χ2v) is 4.00. The number of carbonyl (C=O) groups excluding carboxylic acids is 1. The highest BCUT2D eigenvalue weighted by molar-refractivity contribution is 5.79. The molecule has 17 heavy (non-hydrogen) atoms. The van der Waals surface area contributed by atoms with E-state index >= 15 is 0 Å². The minimum atomic E-state index is -1.47. The predicted molar refractivity (Wildman–Crippen MR) is 66.5 cm³/mol. The number of esters is 1. The van der Waals surface area contributed by atoms with Crippen LogP contribution in [0.2, 0.25) is 0 Å². The van der Waals surface area contributed by atoms with Crippen molar-refractivity contribution >= 4 is 5.97 Å². The highest BCUT2D eigenvalue weighted by atomic mass is 16.5. The zero-order valence-electron chi connectivity index (χ0n) is 10.1. The van der Waals surface area contributed by atoms with E-state index < -0.39 is 11.6 Å². The summed E-state index contributed by atoms with van der Waals surface area (Å²) in [7, 11) is 1.28. The molecule has 1 atom stereocenters. The van der Waals surface area contributed by atoms with Crippen LogP contribution in [0.15, 0.2) is 43.0 Å². The van der Waals surface area contributed by atoms with E-state index in [1.807, 2.05) is 30.3 Å². The van der Waals surface area contributed by atoms with Crippen molar-refractivity contribution in [3.8, 4) is 0 Å². The number of ether oxygens (including phenoxy) is 1. The SMILES string of the molecule is C=CC[C@](O)(CCc1ccccc1)C(=O)OC. The van der Waals surface area contributed by atoms with Gasteiger partial charge in [0, 0.05) is 6.42 Å². The number of carbonyl (C=O) groups is 1. The number of hydrogen-bond donors (Lipinski definition) is 1. The lowest BCUT2D eigenvalue weighted by Crippen LogP contribution is -2.39. The Bertz CT molecular complexity index is 372. The van der Waals surface area contributed by atoms with Gasteiger partial charge in [0.15, 0.2) is 5.60 Å². The van der Waals surface area contributed by atoms with Crippen LogP contribution in [-0.2, 0) is 16.0 Å². The summed E-state index contributed by atoms with van der Waals surface area (Å²) in [5.41, 5.74) is -0.384. The van der Waals surface area contributed by atoms with Crippen molar-refractivity contribution in [2.24, 2.45) is 0 Å². The number of aryl methyl sites for hydroxylation is 1. The quantitative estimate of drug-likeness (QED) is 0.605. The Morgan fingerprint density at radius 3 is 2.65 bits per heavy atom. The Balaban J connectivity index is 2.68. The molecule has 0 aliphatic heterocycles. The third-order valence-electron chi connectivity index (χ3n) is 2.72. The fourth-order valence-electron chi connectivity index (χ4n) is 1.71. The molecule has 92 valence electrons. The normalized spacial score (nSPS) is 13.8. The van der Waals surface area contributed by atoms with Crippen molar-refractivity contribution in [3.63, 3.8) is 0 Å². The van der Waals surface area contributed by atoms with E-state index in [0.29, 0.717) is 12.8 Å². The van der Waals surface area contributed by atoms with E-state index in [4.69, 9.17) is 0 Å². The first-order valence-corrected chi connectivity index (χ1v) is 5.58. The van der Waals surface area contributed by atoms with Crippen molar-refractivity contribution in [1.82, 2.24) is 0 Å². The van der Waals surface area contributed by atoms with Crippen LogP contribution in [0.3, 0.4) is 0 Å². The number of hydrogen-bond acceptors (Lipinski definition) is 3. The maximum Gasteiger partial charge on any atom is 0.338 e. The average molecular weight is 234 g/mol. The number of aliphatic hydroxyl groups is 1. The zero-order chi connectivity index (χ0) is 12.7. The van der Waals surface area contributed by atoms with Crippen LogP contribution in [0.1, 0.15) is 18.4 Å². The third-order valence-corrected chi connectivity index (χ3v) is 2.72. The van der Waals surface area contributed by atoms with Crippen LogP contribution in [-0.4, -0.2) is 23.8 Å². The number of rotatable bonds is 6. The van der Waals surface area contributed by atoms with E-state index in [2.05, 4.69) is 11.3 Å². The first kappa shape index (κ1) is 13.5. The van der Waals surface area contributed by atoms with Gasteiger partial charge in [0.1, 0.15) is 0 Å². The first-order chi connectivity index (χ1) is 8.12. The van der Waals surface area contributed by atoms with Gasteiger partial charge in [-0.25, -0.2) is 4.79 Å². The second kappa shape index (κ2) is 6.21. The second-order valence-electron chi connectivity index (χ2n) is 4.00. The van der Waals surface area contributed by atoms with Crippen LogP contribution in [0, 0.1) is 0 Å². The third kappa shape index (κ3) is 3.71. The van der Waals surface area contributed by atoms with Crippen molar-refractivity contribution < 1.29 is 14.6 Å². The maximum atomic E-state index is 11.5. The van der Waals surface area contributed by atoms with E-state index in [1.165, 1.54) is 13.2 Å². The Labute approximate surface area is 102 Å². The fraction of sp³-hybridized carbons (Fsp3) is 0.357. The molecular formula is C14H18O3. The van der Waals surface area contributed by atoms with Gasteiger partial charge >= 0.3 is 5.97 Å². The molecule has 0 aromatic heterocycles. The van der Waals surface area contributed by atoms with E-state index in [0.717, 1.165) is 5.56 Å². The Hall–Kier alpha value is -1.61. The molecule has 0 aliphatic rings. The van der Waals surface area contributed by atoms with Crippen molar-refractivity contribution in [2.75, 3.05) is 7.11 Å². The zero-order valence-corrected chi connectivity index (χ0v) is 10.1. The Morgan fingerprint density at radius 1 is 1.47 bits per heavy atom. The fourth-order valence-corrected chi connectivity index (χ4v) is 1.71. The number of methoxy groups -OCH3 is 1. The van der Waals surface area contributed by atoms with Crippen LogP contribution < -0.4 is 0 Å². The topological polar surface area (TPSA) is 46.5 Å². The summed E-state index contributed by atoms with van der Waals surface area (Å²) < 4.78 is 4.62. The van der Waals surface area contributed by atoms with Crippen LogP contribution in [0.5, 0.6) is 0 Å². The molecule has 0 fully saturated rings. The Morgan fingerprint density at radius 2 is 2.12 bits per heavy atom. The van der Waals surface area contributed by atoms with Crippen molar-refractivity contribution in [3.05, 3.63) is 48.6 Å². The lowest BCUT2D eigenvalue weighted by molar-refractivity contribution is -0.162. The van der Waals surface area contributed by atoms with Gasteiger partial charge < -0.3 is 9.84 Å². The van der Waals surface area contributed by atoms with Crippen LogP contribution in [0.25, 0.3) is 0 Å². The molecule has 1 aromatic rings. The summed E-state index contributed by atoms with van der Waals surface area (Å²) in [5.74, 6) is -0.603. The molecule has 1 rings (SSSR count). The molecule has 3 heteroatoms. The van der Waals surface area contributed by atoms with Gasteiger partial charge in [-0.05, 0) is 18.4 Å². The molecule has 0 amide bonds. The minimum Gasteiger partial charge on any atom is -0.467 e. The minimum absolute atomic E-state index is 0.201. The highest BCUT2D eigenvalue weighted by Crippen LogP contribution is 2.20. The molecule has 1 N–H and O–H groups in total. The van der Waals surface area contributed by atoms with Gasteiger partial charge in [-0.1, -0.05) is 36.4 Å². The summed E-state index contributed by atoms with van der Waals surface area (Å²) in [6, 6.07) is 9.72. The molecule has 0 saturated heterocycles. The molecule has 0 radical (unpaired) electrons. The predicted octanol–water partition coefficient (Wildman–Crippen LogP) is 2.10. The molecule has 0 saturated carbocycles. The maximum absolute atomic E-state index is 11.5. The highest BCUT2D eigenvalue weighted by Gasteiger charge is 2.35. The molecule has 0 heterocycles. The summed E-state index contributed by atoms with van der Waals surface area (Å²) in [6.07, 6.45) is 2.68. The summed E-state index contributed by atoms with van der Waals surface area (Å²) in [4.78, 5) is 11.5. The van der Waals surface area contributed by atoms with E-state index in [-0.39, 0.29) is 6.42 Å². The average Bonchev–Trinajstić information content (AvgIpc) is 2.37. The number of benzene rings is 1. The van der Waals surface area contributed by atoms with Gasteiger partial charge in [-0.2, -0.15) is 0 Å². The molecule has 0 unspecified atom stereocenters. The lowest BCUT2D eigenvalue weighted by atomic mass is 9.92. The van der Waals surface area contributed by atoms with Crippen LogP contribution in [0.4, 0.5) is 0 Å². The van der Waals surface area contributed by atoms with Gasteiger partial charge in [-0.15, -0.1) is 6.58 Å². The Kier molecular flexibility index (Phi) is 4.91. The van der Waals surface area contributed by atoms with Gasteiger partial charge in [0.05, 0.1) is 7.11 Å². The summed E-state index contributed by atoms with van der Waals surface area (Å²) >= 11 is 0. The summed E-state index contributed by atoms with van der Waals surface area (Å²) in [6.45, 7) is 3.55. The van der Waals surface area contributed by atoms with E-state index in [9.17, 15) is 9.90 Å². The smallest absolute Gasteiger partial charge is 0.338 e. The molecule has 3 nitrogen and oxygen atoms in total. The van der Waals surface area contributed by atoms with Gasteiger partial charge in [-0.3, -0.25) is 0 Å².